The average molecular weight is 294 g/mol. The van der Waals surface area contributed by atoms with E-state index in [0.29, 0.717) is 19.8 Å². The number of morpholine rings is 1. The summed E-state index contributed by atoms with van der Waals surface area (Å²) in [6, 6.07) is 8.47. The number of nitriles is 1. The molecule has 1 aliphatic rings. The van der Waals surface area contributed by atoms with Crippen LogP contribution in [-0.2, 0) is 21.2 Å². The molecule has 0 N–H and O–H groups in total. The summed E-state index contributed by atoms with van der Waals surface area (Å²) >= 11 is 0. The molecule has 1 fully saturated rings. The minimum Gasteiger partial charge on any atom is -0.378 e. The zero-order valence-corrected chi connectivity index (χ0v) is 12.3. The summed E-state index contributed by atoms with van der Waals surface area (Å²) in [5.74, 6) is 0. The fourth-order valence-electron chi connectivity index (χ4n) is 2.28. The second kappa shape index (κ2) is 6.35. The first kappa shape index (κ1) is 15.0. The summed E-state index contributed by atoms with van der Waals surface area (Å²) in [6.07, 6.45) is 1.02. The maximum absolute atomic E-state index is 12.6. The molecule has 1 saturated heterocycles. The van der Waals surface area contributed by atoms with Crippen molar-refractivity contribution in [3.8, 4) is 6.07 Å². The van der Waals surface area contributed by atoms with E-state index in [1.165, 1.54) is 4.31 Å². The van der Waals surface area contributed by atoms with Crippen LogP contribution in [-0.4, -0.2) is 38.5 Å². The van der Waals surface area contributed by atoms with Crippen molar-refractivity contribution in [1.29, 1.82) is 5.26 Å². The van der Waals surface area contributed by atoms with Gasteiger partial charge >= 0.3 is 0 Å². The van der Waals surface area contributed by atoms with Gasteiger partial charge in [-0.25, -0.2) is 8.42 Å². The van der Waals surface area contributed by atoms with E-state index >= 15 is 0 Å². The number of rotatable bonds is 4. The third-order valence-electron chi connectivity index (χ3n) is 3.46. The van der Waals surface area contributed by atoms with E-state index in [4.69, 9.17) is 10.00 Å². The van der Waals surface area contributed by atoms with Gasteiger partial charge in [0.25, 0.3) is 0 Å². The molecule has 0 saturated carbocycles. The maximum Gasteiger partial charge on any atom is 0.243 e. The van der Waals surface area contributed by atoms with Gasteiger partial charge in [0.15, 0.2) is 0 Å². The second-order valence-electron chi connectivity index (χ2n) is 4.73. The first-order chi connectivity index (χ1) is 9.59. The molecule has 5 nitrogen and oxygen atoms in total. The molecular weight excluding hydrogens is 276 g/mol. The van der Waals surface area contributed by atoms with Crippen molar-refractivity contribution in [2.24, 2.45) is 0 Å². The van der Waals surface area contributed by atoms with Gasteiger partial charge in [-0.05, 0) is 24.1 Å². The lowest BCUT2D eigenvalue weighted by atomic mass is 10.2. The van der Waals surface area contributed by atoms with E-state index in [2.05, 4.69) is 0 Å². The topological polar surface area (TPSA) is 70.4 Å². The van der Waals surface area contributed by atoms with Crippen molar-refractivity contribution < 1.29 is 13.2 Å². The van der Waals surface area contributed by atoms with E-state index in [1.54, 1.807) is 24.3 Å². The Labute approximate surface area is 119 Å². The van der Waals surface area contributed by atoms with Gasteiger partial charge in [0.05, 0.1) is 30.6 Å². The van der Waals surface area contributed by atoms with Gasteiger partial charge in [-0.15, -0.1) is 0 Å². The van der Waals surface area contributed by atoms with Gasteiger partial charge in [0.2, 0.25) is 10.0 Å². The Hall–Kier alpha value is -1.42. The summed E-state index contributed by atoms with van der Waals surface area (Å²) < 4.78 is 32.1. The molecule has 1 atom stereocenters. The zero-order chi connectivity index (χ0) is 14.6. The van der Waals surface area contributed by atoms with Gasteiger partial charge in [0, 0.05) is 12.6 Å². The second-order valence-corrected chi connectivity index (χ2v) is 6.62. The van der Waals surface area contributed by atoms with Gasteiger partial charge in [0.1, 0.15) is 0 Å². The molecule has 0 bridgehead atoms. The molecule has 1 unspecified atom stereocenters. The highest BCUT2D eigenvalue weighted by atomic mass is 32.2. The van der Waals surface area contributed by atoms with Crippen molar-refractivity contribution in [2.75, 3.05) is 19.8 Å². The molecular formula is C14H18N2O3S. The van der Waals surface area contributed by atoms with Crippen LogP contribution in [0, 0.1) is 11.3 Å². The Morgan fingerprint density at radius 2 is 2.10 bits per heavy atom. The van der Waals surface area contributed by atoms with Crippen LogP contribution in [0.15, 0.2) is 29.2 Å². The molecule has 20 heavy (non-hydrogen) atoms. The van der Waals surface area contributed by atoms with Crippen molar-refractivity contribution in [3.05, 3.63) is 29.8 Å². The number of hydrogen-bond donors (Lipinski definition) is 0. The molecule has 0 radical (unpaired) electrons. The van der Waals surface area contributed by atoms with Crippen molar-refractivity contribution >= 4 is 10.0 Å². The van der Waals surface area contributed by atoms with Crippen LogP contribution in [0.5, 0.6) is 0 Å². The van der Waals surface area contributed by atoms with Crippen LogP contribution >= 0.6 is 0 Å². The minimum atomic E-state index is -3.48. The largest absolute Gasteiger partial charge is 0.378 e. The van der Waals surface area contributed by atoms with Crippen molar-refractivity contribution in [2.45, 2.75) is 30.7 Å². The van der Waals surface area contributed by atoms with Gasteiger partial charge in [-0.3, -0.25) is 0 Å². The average Bonchev–Trinajstić information content (AvgIpc) is 2.48. The summed E-state index contributed by atoms with van der Waals surface area (Å²) in [4.78, 5) is 0.277. The predicted octanol–water partition coefficient (Wildman–Crippen LogP) is 1.55. The summed E-state index contributed by atoms with van der Waals surface area (Å²) in [5, 5.41) is 8.63. The molecule has 108 valence electrons. The van der Waals surface area contributed by atoms with Gasteiger partial charge in [-0.1, -0.05) is 19.1 Å². The van der Waals surface area contributed by atoms with Gasteiger partial charge in [-0.2, -0.15) is 9.57 Å². The number of ether oxygens (including phenoxy) is 1. The third-order valence-corrected chi connectivity index (χ3v) is 5.42. The smallest absolute Gasteiger partial charge is 0.243 e. The molecule has 2 rings (SSSR count). The lowest BCUT2D eigenvalue weighted by Crippen LogP contribution is -2.48. The first-order valence-electron chi connectivity index (χ1n) is 6.65. The third kappa shape index (κ3) is 3.01. The molecule has 1 aromatic carbocycles. The molecule has 1 heterocycles. The van der Waals surface area contributed by atoms with Crippen LogP contribution in [0.4, 0.5) is 0 Å². The molecule has 0 amide bonds. The number of hydrogen-bond acceptors (Lipinski definition) is 4. The van der Waals surface area contributed by atoms with Crippen LogP contribution in [0.2, 0.25) is 0 Å². The summed E-state index contributed by atoms with van der Waals surface area (Å²) in [5.41, 5.74) is 0.820. The highest BCUT2D eigenvalue weighted by Gasteiger charge is 2.32. The summed E-state index contributed by atoms with van der Waals surface area (Å²) in [6.45, 7) is 3.23. The van der Waals surface area contributed by atoms with E-state index in [1.807, 2.05) is 13.0 Å². The van der Waals surface area contributed by atoms with E-state index in [0.717, 1.165) is 12.0 Å². The molecule has 1 aliphatic heterocycles. The Kier molecular flexibility index (Phi) is 4.76. The van der Waals surface area contributed by atoms with Crippen molar-refractivity contribution in [1.82, 2.24) is 4.31 Å². The fourth-order valence-corrected chi connectivity index (χ4v) is 3.95. The Bertz CT molecular complexity index is 590. The normalized spacial score (nSPS) is 20.5. The van der Waals surface area contributed by atoms with E-state index < -0.39 is 10.0 Å². The summed E-state index contributed by atoms with van der Waals surface area (Å²) in [7, 11) is -3.48. The van der Waals surface area contributed by atoms with E-state index in [9.17, 15) is 8.42 Å². The highest BCUT2D eigenvalue weighted by Crippen LogP contribution is 2.22. The molecule has 0 spiro atoms. The number of sulfonamides is 1. The van der Waals surface area contributed by atoms with Crippen LogP contribution in [0.25, 0.3) is 0 Å². The van der Waals surface area contributed by atoms with E-state index in [-0.39, 0.29) is 17.4 Å². The van der Waals surface area contributed by atoms with Crippen LogP contribution in [0.1, 0.15) is 18.9 Å². The van der Waals surface area contributed by atoms with Crippen LogP contribution < -0.4 is 0 Å². The Balaban J connectivity index is 2.27. The highest BCUT2D eigenvalue weighted by molar-refractivity contribution is 7.89. The Morgan fingerprint density at radius 3 is 2.70 bits per heavy atom. The minimum absolute atomic E-state index is 0.104. The number of benzene rings is 1. The molecule has 6 heteroatoms. The molecule has 1 aromatic rings. The Morgan fingerprint density at radius 1 is 1.40 bits per heavy atom. The fraction of sp³-hybridized carbons (Fsp3) is 0.500. The SMILES string of the molecule is CCC1COCCN1S(=O)(=O)c1ccc(CC#N)cc1. The predicted molar refractivity (Wildman–Crippen MR) is 74.5 cm³/mol. The quantitative estimate of drug-likeness (QED) is 0.845. The monoisotopic (exact) mass is 294 g/mol. The first-order valence-corrected chi connectivity index (χ1v) is 8.09. The van der Waals surface area contributed by atoms with Gasteiger partial charge < -0.3 is 4.74 Å². The van der Waals surface area contributed by atoms with Crippen LogP contribution in [0.3, 0.4) is 0 Å². The lowest BCUT2D eigenvalue weighted by Gasteiger charge is -2.33. The zero-order valence-electron chi connectivity index (χ0n) is 11.4. The molecule has 0 aliphatic carbocycles. The lowest BCUT2D eigenvalue weighted by molar-refractivity contribution is 0.0314. The number of nitrogens with zero attached hydrogens (tertiary/aromatic N) is 2. The maximum atomic E-state index is 12.6. The van der Waals surface area contributed by atoms with Crippen molar-refractivity contribution in [3.63, 3.8) is 0 Å². The standard InChI is InChI=1S/C14H18N2O3S/c1-2-13-11-19-10-9-16(13)20(17,18)14-5-3-12(4-6-14)7-8-15/h3-6,13H,2,7,9-11H2,1H3. The molecule has 0 aromatic heterocycles.